The summed E-state index contributed by atoms with van der Waals surface area (Å²) in [7, 11) is -3.10. The molecular formula is C12H26O6Si. The molecule has 1 rings (SSSR count). The van der Waals surface area contributed by atoms with Crippen LogP contribution in [0.25, 0.3) is 0 Å². The zero-order valence-electron chi connectivity index (χ0n) is 12.3. The Labute approximate surface area is 116 Å². The van der Waals surface area contributed by atoms with Crippen LogP contribution in [-0.2, 0) is 27.2 Å². The second kappa shape index (κ2) is 9.01. The Morgan fingerprint density at radius 3 is 1.95 bits per heavy atom. The highest BCUT2D eigenvalue weighted by Crippen LogP contribution is 2.18. The monoisotopic (exact) mass is 294 g/mol. The first-order chi connectivity index (χ1) is 9.19. The van der Waals surface area contributed by atoms with Crippen molar-refractivity contribution in [3.8, 4) is 0 Å². The molecule has 1 aliphatic heterocycles. The molecule has 0 aliphatic carbocycles. The molecule has 7 heteroatoms. The van der Waals surface area contributed by atoms with Crippen LogP contribution in [0.2, 0.25) is 0 Å². The van der Waals surface area contributed by atoms with E-state index in [1.807, 2.05) is 27.7 Å². The van der Waals surface area contributed by atoms with Gasteiger partial charge in [-0.3, -0.25) is 0 Å². The maximum Gasteiger partial charge on any atom is 0.681 e. The maximum atomic E-state index is 5.88. The number of hydrogen-bond acceptors (Lipinski definition) is 6. The van der Waals surface area contributed by atoms with Gasteiger partial charge in [-0.2, -0.15) is 0 Å². The summed E-state index contributed by atoms with van der Waals surface area (Å²) in [5, 5.41) is 0. The smallest absolute Gasteiger partial charge is 0.371 e. The van der Waals surface area contributed by atoms with Gasteiger partial charge in [-0.1, -0.05) is 6.92 Å². The summed E-state index contributed by atoms with van der Waals surface area (Å²) in [4.78, 5) is 0. The van der Waals surface area contributed by atoms with E-state index >= 15 is 0 Å². The normalized spacial score (nSPS) is 20.5. The largest absolute Gasteiger partial charge is 0.681 e. The predicted octanol–water partition coefficient (Wildman–Crippen LogP) is 1.70. The summed E-state index contributed by atoms with van der Waals surface area (Å²) in [6.45, 7) is 10.4. The van der Waals surface area contributed by atoms with E-state index in [0.717, 1.165) is 6.61 Å². The Balaban J connectivity index is 2.53. The maximum absolute atomic E-state index is 5.88. The Morgan fingerprint density at radius 2 is 1.58 bits per heavy atom. The molecular weight excluding hydrogens is 268 g/mol. The molecule has 2 atom stereocenters. The SMILES string of the molecule is CCO[Si](OCC)(OCC)OC(CC)OCC1CO1. The molecule has 114 valence electrons. The highest BCUT2D eigenvalue weighted by molar-refractivity contribution is 6.53. The fourth-order valence-corrected chi connectivity index (χ4v) is 3.60. The molecule has 19 heavy (non-hydrogen) atoms. The van der Waals surface area contributed by atoms with Crippen molar-refractivity contribution in [2.45, 2.75) is 46.5 Å². The lowest BCUT2D eigenvalue weighted by atomic mass is 10.4. The van der Waals surface area contributed by atoms with Gasteiger partial charge in [0.2, 0.25) is 0 Å². The Bertz CT molecular complexity index is 219. The topological polar surface area (TPSA) is 58.7 Å². The van der Waals surface area contributed by atoms with E-state index < -0.39 is 9.05 Å². The van der Waals surface area contributed by atoms with Gasteiger partial charge in [0.15, 0.2) is 6.29 Å². The van der Waals surface area contributed by atoms with Crippen LogP contribution in [0.4, 0.5) is 0 Å². The minimum absolute atomic E-state index is 0.208. The summed E-state index contributed by atoms with van der Waals surface area (Å²) in [5.41, 5.74) is 0. The molecule has 0 radical (unpaired) electrons. The molecule has 1 fully saturated rings. The van der Waals surface area contributed by atoms with Gasteiger partial charge in [0.05, 0.1) is 13.2 Å². The minimum Gasteiger partial charge on any atom is -0.371 e. The molecule has 0 aromatic heterocycles. The van der Waals surface area contributed by atoms with Gasteiger partial charge >= 0.3 is 9.05 Å². The first kappa shape index (κ1) is 17.0. The lowest BCUT2D eigenvalue weighted by Crippen LogP contribution is -2.52. The Morgan fingerprint density at radius 1 is 1.05 bits per heavy atom. The fourth-order valence-electron chi connectivity index (χ4n) is 1.53. The second-order valence-electron chi connectivity index (χ2n) is 4.04. The molecule has 0 aromatic rings. The van der Waals surface area contributed by atoms with E-state index in [1.165, 1.54) is 0 Å². The van der Waals surface area contributed by atoms with Crippen molar-refractivity contribution in [1.29, 1.82) is 0 Å². The van der Waals surface area contributed by atoms with Crippen LogP contribution in [-0.4, -0.2) is 54.5 Å². The van der Waals surface area contributed by atoms with Gasteiger partial charge in [0.25, 0.3) is 0 Å². The van der Waals surface area contributed by atoms with Crippen molar-refractivity contribution < 1.29 is 27.2 Å². The van der Waals surface area contributed by atoms with Gasteiger partial charge < -0.3 is 27.2 Å². The lowest BCUT2D eigenvalue weighted by Gasteiger charge is -2.30. The van der Waals surface area contributed by atoms with Gasteiger partial charge in [-0.05, 0) is 27.2 Å². The number of ether oxygens (including phenoxy) is 2. The van der Waals surface area contributed by atoms with Crippen molar-refractivity contribution in [2.24, 2.45) is 0 Å². The molecule has 0 amide bonds. The van der Waals surface area contributed by atoms with Crippen LogP contribution in [0, 0.1) is 0 Å². The van der Waals surface area contributed by atoms with Crippen LogP contribution in [0.1, 0.15) is 34.1 Å². The van der Waals surface area contributed by atoms with Gasteiger partial charge in [0, 0.05) is 19.8 Å². The highest BCUT2D eigenvalue weighted by atomic mass is 28.4. The van der Waals surface area contributed by atoms with Gasteiger partial charge in [0.1, 0.15) is 6.10 Å². The van der Waals surface area contributed by atoms with Crippen LogP contribution in [0.3, 0.4) is 0 Å². The molecule has 0 bridgehead atoms. The third kappa shape index (κ3) is 6.31. The molecule has 6 nitrogen and oxygen atoms in total. The average molecular weight is 294 g/mol. The summed E-state index contributed by atoms with van der Waals surface area (Å²) >= 11 is 0. The average Bonchev–Trinajstić information content (AvgIpc) is 3.19. The summed E-state index contributed by atoms with van der Waals surface area (Å²) in [6, 6.07) is 0. The van der Waals surface area contributed by atoms with Crippen LogP contribution < -0.4 is 0 Å². The highest BCUT2D eigenvalue weighted by Gasteiger charge is 2.47. The van der Waals surface area contributed by atoms with Gasteiger partial charge in [-0.25, -0.2) is 0 Å². The lowest BCUT2D eigenvalue weighted by molar-refractivity contribution is -0.151. The van der Waals surface area contributed by atoms with Crippen molar-refractivity contribution in [1.82, 2.24) is 0 Å². The number of rotatable bonds is 12. The third-order valence-corrected chi connectivity index (χ3v) is 4.92. The van der Waals surface area contributed by atoms with E-state index in [9.17, 15) is 0 Å². The molecule has 0 N–H and O–H groups in total. The first-order valence-corrected chi connectivity index (χ1v) is 8.65. The van der Waals surface area contributed by atoms with E-state index in [0.29, 0.717) is 32.8 Å². The molecule has 1 heterocycles. The van der Waals surface area contributed by atoms with Gasteiger partial charge in [-0.15, -0.1) is 0 Å². The molecule has 0 saturated carbocycles. The number of hydrogen-bond donors (Lipinski definition) is 0. The minimum atomic E-state index is -3.10. The summed E-state index contributed by atoms with van der Waals surface area (Å²) < 4.78 is 33.5. The van der Waals surface area contributed by atoms with Crippen LogP contribution in [0.15, 0.2) is 0 Å². The van der Waals surface area contributed by atoms with Crippen LogP contribution in [0.5, 0.6) is 0 Å². The fraction of sp³-hybridized carbons (Fsp3) is 1.00. The molecule has 1 saturated heterocycles. The van der Waals surface area contributed by atoms with Crippen molar-refractivity contribution in [3.05, 3.63) is 0 Å². The Kier molecular flexibility index (Phi) is 8.08. The Hall–Kier alpha value is -0.0231. The number of epoxide rings is 1. The molecule has 0 aromatic carbocycles. The summed E-state index contributed by atoms with van der Waals surface area (Å²) in [6.07, 6.45) is 0.523. The zero-order valence-corrected chi connectivity index (χ0v) is 13.3. The van der Waals surface area contributed by atoms with Crippen molar-refractivity contribution in [2.75, 3.05) is 33.0 Å². The molecule has 0 spiro atoms. The van der Waals surface area contributed by atoms with E-state index in [1.54, 1.807) is 0 Å². The van der Waals surface area contributed by atoms with E-state index in [2.05, 4.69) is 0 Å². The first-order valence-electron chi connectivity index (χ1n) is 7.02. The van der Waals surface area contributed by atoms with Crippen molar-refractivity contribution >= 4 is 9.05 Å². The van der Waals surface area contributed by atoms with Crippen molar-refractivity contribution in [3.63, 3.8) is 0 Å². The third-order valence-electron chi connectivity index (χ3n) is 2.44. The quantitative estimate of drug-likeness (QED) is 0.310. The predicted molar refractivity (Wildman–Crippen MR) is 71.5 cm³/mol. The van der Waals surface area contributed by atoms with Crippen LogP contribution >= 0.6 is 0 Å². The van der Waals surface area contributed by atoms with E-state index in [4.69, 9.17) is 27.2 Å². The second-order valence-corrected chi connectivity index (χ2v) is 6.15. The summed E-state index contributed by atoms with van der Waals surface area (Å²) in [5.74, 6) is 0. The zero-order chi connectivity index (χ0) is 14.1. The molecule has 1 aliphatic rings. The standard InChI is InChI=1S/C12H26O6Si/c1-5-12(14-10-11-9-13-11)18-19(15-6-2,16-7-3)17-8-4/h11-12H,5-10H2,1-4H3. The van der Waals surface area contributed by atoms with E-state index in [-0.39, 0.29) is 12.4 Å². The molecule has 2 unspecified atom stereocenters.